The number of nitrogens with zero attached hydrogens (tertiary/aromatic N) is 1. The predicted molar refractivity (Wildman–Crippen MR) is 99.2 cm³/mol. The summed E-state index contributed by atoms with van der Waals surface area (Å²) in [5.74, 6) is -0.982. The number of anilines is 1. The highest BCUT2D eigenvalue weighted by atomic mass is 32.2. The van der Waals surface area contributed by atoms with Crippen LogP contribution in [0.15, 0.2) is 18.2 Å². The number of rotatable bonds is 6. The molecule has 2 rings (SSSR count). The summed E-state index contributed by atoms with van der Waals surface area (Å²) in [5.41, 5.74) is 1.04. The lowest BCUT2D eigenvalue weighted by atomic mass is 10.1. The zero-order chi connectivity index (χ0) is 19.5. The van der Waals surface area contributed by atoms with Crippen molar-refractivity contribution in [1.82, 2.24) is 5.32 Å². The van der Waals surface area contributed by atoms with Crippen LogP contribution in [0.1, 0.15) is 39.2 Å². The number of amides is 1. The predicted octanol–water partition coefficient (Wildman–Crippen LogP) is 1.61. The first-order valence-electron chi connectivity index (χ1n) is 8.84. The fraction of sp³-hybridized carbons (Fsp3) is 0.611. The monoisotopic (exact) mass is 386 g/mol. The van der Waals surface area contributed by atoms with Gasteiger partial charge in [0.2, 0.25) is 5.91 Å². The summed E-state index contributed by atoms with van der Waals surface area (Å²) in [4.78, 5) is 14.0. The number of hydrogen-bond acceptors (Lipinski definition) is 5. The Balaban J connectivity index is 1.98. The molecule has 1 fully saturated rings. The Kier molecular flexibility index (Phi) is 6.63. The van der Waals surface area contributed by atoms with Gasteiger partial charge in [-0.05, 0) is 51.3 Å². The van der Waals surface area contributed by atoms with E-state index in [0.29, 0.717) is 37.2 Å². The first-order valence-corrected chi connectivity index (χ1v) is 10.5. The Labute approximate surface area is 154 Å². The number of sulfone groups is 1. The van der Waals surface area contributed by atoms with E-state index in [9.17, 15) is 22.7 Å². The smallest absolute Gasteiger partial charge is 0.238 e. The van der Waals surface area contributed by atoms with Gasteiger partial charge >= 0.3 is 0 Å². The van der Waals surface area contributed by atoms with E-state index in [-0.39, 0.29) is 12.6 Å². The van der Waals surface area contributed by atoms with Crippen LogP contribution in [-0.2, 0) is 21.2 Å². The lowest BCUT2D eigenvalue weighted by Gasteiger charge is -2.31. The number of hydrogen-bond donors (Lipinski definition) is 2. The van der Waals surface area contributed by atoms with Gasteiger partial charge in [-0.3, -0.25) is 4.79 Å². The van der Waals surface area contributed by atoms with Crippen LogP contribution in [0.5, 0.6) is 0 Å². The molecule has 0 aliphatic carbocycles. The van der Waals surface area contributed by atoms with Crippen LogP contribution >= 0.6 is 0 Å². The normalized spacial score (nSPS) is 17.4. The van der Waals surface area contributed by atoms with Gasteiger partial charge in [-0.15, -0.1) is 0 Å². The summed E-state index contributed by atoms with van der Waals surface area (Å²) in [6.07, 6.45) is 0.895. The number of aliphatic hydroxyl groups is 1. The van der Waals surface area contributed by atoms with E-state index in [2.05, 4.69) is 5.32 Å². The third-order valence-corrected chi connectivity index (χ3v) is 7.32. The van der Waals surface area contributed by atoms with Gasteiger partial charge in [0.25, 0.3) is 0 Å². The minimum atomic E-state index is -3.53. The molecule has 1 amide bonds. The summed E-state index contributed by atoms with van der Waals surface area (Å²) < 4.78 is 38.5. The van der Waals surface area contributed by atoms with Crippen LogP contribution in [0.2, 0.25) is 0 Å². The zero-order valence-electron chi connectivity index (χ0n) is 15.4. The third kappa shape index (κ3) is 4.73. The van der Waals surface area contributed by atoms with Crippen molar-refractivity contribution in [3.05, 3.63) is 29.6 Å². The number of aliphatic hydroxyl groups excluding tert-OH is 1. The maximum absolute atomic E-state index is 14.4. The highest BCUT2D eigenvalue weighted by molar-refractivity contribution is 7.93. The first-order chi connectivity index (χ1) is 12.1. The average molecular weight is 386 g/mol. The average Bonchev–Trinajstić information content (AvgIpc) is 2.60. The molecule has 2 N–H and O–H groups in total. The molecule has 146 valence electrons. The largest absolute Gasteiger partial charge is 0.393 e. The van der Waals surface area contributed by atoms with Crippen LogP contribution in [0.4, 0.5) is 10.1 Å². The molecule has 1 aromatic rings. The van der Waals surface area contributed by atoms with Crippen molar-refractivity contribution in [1.29, 1.82) is 0 Å². The fourth-order valence-electron chi connectivity index (χ4n) is 2.91. The molecule has 0 aromatic heterocycles. The number of benzene rings is 1. The number of piperidine rings is 1. The number of halogens is 1. The topological polar surface area (TPSA) is 86.7 Å². The van der Waals surface area contributed by atoms with Crippen molar-refractivity contribution < 1.29 is 22.7 Å². The lowest BCUT2D eigenvalue weighted by molar-refractivity contribution is -0.120. The molecule has 1 heterocycles. The van der Waals surface area contributed by atoms with Gasteiger partial charge in [-0.1, -0.05) is 6.07 Å². The van der Waals surface area contributed by atoms with Crippen LogP contribution < -0.4 is 10.2 Å². The van der Waals surface area contributed by atoms with Gasteiger partial charge in [0, 0.05) is 19.6 Å². The molecule has 1 aromatic carbocycles. The van der Waals surface area contributed by atoms with Gasteiger partial charge in [0.1, 0.15) is 11.1 Å². The van der Waals surface area contributed by atoms with Crippen molar-refractivity contribution >= 4 is 21.4 Å². The Bertz CT molecular complexity index is 744. The molecular weight excluding hydrogens is 359 g/mol. The molecule has 1 aliphatic heterocycles. The summed E-state index contributed by atoms with van der Waals surface area (Å²) >= 11 is 0. The van der Waals surface area contributed by atoms with E-state index in [1.54, 1.807) is 12.1 Å². The quantitative estimate of drug-likeness (QED) is 0.776. The van der Waals surface area contributed by atoms with Crippen LogP contribution in [0.25, 0.3) is 0 Å². The molecule has 1 unspecified atom stereocenters. The van der Waals surface area contributed by atoms with E-state index in [1.807, 2.05) is 4.90 Å². The van der Waals surface area contributed by atoms with Crippen molar-refractivity contribution in [2.75, 3.05) is 18.0 Å². The van der Waals surface area contributed by atoms with Crippen molar-refractivity contribution in [2.24, 2.45) is 0 Å². The second-order valence-corrected chi connectivity index (χ2v) is 9.83. The van der Waals surface area contributed by atoms with Gasteiger partial charge in [0.15, 0.2) is 9.84 Å². The molecule has 1 aliphatic rings. The minimum Gasteiger partial charge on any atom is -0.393 e. The van der Waals surface area contributed by atoms with E-state index in [1.165, 1.54) is 26.8 Å². The summed E-state index contributed by atoms with van der Waals surface area (Å²) in [7, 11) is -3.53. The molecule has 1 atom stereocenters. The third-order valence-electron chi connectivity index (χ3n) is 4.80. The van der Waals surface area contributed by atoms with Crippen LogP contribution in [0, 0.1) is 5.82 Å². The van der Waals surface area contributed by atoms with E-state index in [0.717, 1.165) is 0 Å². The van der Waals surface area contributed by atoms with Gasteiger partial charge in [0.05, 0.1) is 17.0 Å². The Hall–Kier alpha value is -1.67. The minimum absolute atomic E-state index is 0.0622. The Morgan fingerprint density at radius 2 is 1.92 bits per heavy atom. The Morgan fingerprint density at radius 1 is 1.31 bits per heavy atom. The maximum Gasteiger partial charge on any atom is 0.238 e. The molecule has 6 nitrogen and oxygen atoms in total. The molecule has 0 saturated carbocycles. The summed E-state index contributed by atoms with van der Waals surface area (Å²) in [5, 5.41) is 10.3. The van der Waals surface area contributed by atoms with E-state index < -0.39 is 32.1 Å². The lowest BCUT2D eigenvalue weighted by Crippen LogP contribution is -2.40. The van der Waals surface area contributed by atoms with Gasteiger partial charge in [-0.2, -0.15) is 0 Å². The Morgan fingerprint density at radius 3 is 2.46 bits per heavy atom. The number of nitrogens with one attached hydrogen (secondary N) is 1. The first kappa shape index (κ1) is 20.6. The van der Waals surface area contributed by atoms with Crippen LogP contribution in [-0.4, -0.2) is 49.1 Å². The second-order valence-electron chi connectivity index (χ2n) is 7.00. The molecule has 0 spiro atoms. The standard InChI is InChI=1S/C18H27FN2O4S/c1-12(2)26(24,25)13(3)18(23)20-11-14-4-5-17(16(19)10-14)21-8-6-15(22)7-9-21/h4-5,10,12-13,15,22H,6-9,11H2,1-3H3,(H,20,23). The van der Waals surface area contributed by atoms with Crippen molar-refractivity contribution in [3.63, 3.8) is 0 Å². The molecular formula is C18H27FN2O4S. The highest BCUT2D eigenvalue weighted by Gasteiger charge is 2.30. The summed E-state index contributed by atoms with van der Waals surface area (Å²) in [6.45, 7) is 5.68. The number of carbonyl (C=O) groups is 1. The van der Waals surface area contributed by atoms with E-state index >= 15 is 0 Å². The maximum atomic E-state index is 14.4. The van der Waals surface area contributed by atoms with E-state index in [4.69, 9.17) is 0 Å². The SMILES string of the molecule is CC(C)S(=O)(=O)C(C)C(=O)NCc1ccc(N2CCC(O)CC2)c(F)c1. The zero-order valence-corrected chi connectivity index (χ0v) is 16.2. The second kappa shape index (κ2) is 8.35. The molecule has 26 heavy (non-hydrogen) atoms. The van der Waals surface area contributed by atoms with Gasteiger partial charge < -0.3 is 15.3 Å². The van der Waals surface area contributed by atoms with Gasteiger partial charge in [-0.25, -0.2) is 12.8 Å². The fourth-order valence-corrected chi connectivity index (χ4v) is 4.11. The van der Waals surface area contributed by atoms with Crippen molar-refractivity contribution in [3.8, 4) is 0 Å². The summed E-state index contributed by atoms with van der Waals surface area (Å²) in [6, 6.07) is 4.72. The number of carbonyl (C=O) groups excluding carboxylic acids is 1. The molecule has 0 radical (unpaired) electrons. The molecule has 0 bridgehead atoms. The van der Waals surface area contributed by atoms with Crippen molar-refractivity contribution in [2.45, 2.75) is 56.8 Å². The molecule has 1 saturated heterocycles. The highest BCUT2D eigenvalue weighted by Crippen LogP contribution is 2.24. The molecule has 8 heteroatoms. The van der Waals surface area contributed by atoms with Crippen LogP contribution in [0.3, 0.4) is 0 Å².